The van der Waals surface area contributed by atoms with Crippen molar-refractivity contribution >= 4 is 65.0 Å². The lowest BCUT2D eigenvalue weighted by atomic mass is 9.85. The first-order valence-electron chi connectivity index (χ1n) is 21.3. The molecule has 0 bridgehead atoms. The molecule has 374 valence electrons. The molecule has 7 amide bonds. The highest BCUT2D eigenvalue weighted by molar-refractivity contribution is 6.38. The number of rotatable bonds is 28. The van der Waals surface area contributed by atoms with Gasteiger partial charge in [-0.1, -0.05) is 65.8 Å². The molecule has 1 aromatic rings. The molecule has 0 unspecified atom stereocenters. The van der Waals surface area contributed by atoms with Crippen molar-refractivity contribution in [1.82, 2.24) is 37.2 Å². The smallest absolute Gasteiger partial charge is 0.391 e. The SMILES string of the molecule is CCCNC(=O)C(=O)[C@H](CC(F)(F)F)NC(=O)[C@H](CC(C)C)NC(=O)[C@@H](NC(=O)[C@H](Cc1ccccc1C)NC(=O)[C@H](CCC(=O)O)NC(=O)[C@H](CC(=O)O)NC(=O)CCC(=O)O)C(C)(C)C. The third kappa shape index (κ3) is 22.4. The van der Waals surface area contributed by atoms with Gasteiger partial charge in [0, 0.05) is 25.8 Å². The molecule has 24 heteroatoms. The van der Waals surface area contributed by atoms with Crippen molar-refractivity contribution in [3.05, 3.63) is 35.4 Å². The van der Waals surface area contributed by atoms with Crippen molar-refractivity contribution in [2.24, 2.45) is 11.3 Å². The van der Waals surface area contributed by atoms with Crippen molar-refractivity contribution in [3.8, 4) is 0 Å². The van der Waals surface area contributed by atoms with Crippen LogP contribution in [0.4, 0.5) is 13.2 Å². The first kappa shape index (κ1) is 58.4. The first-order chi connectivity index (χ1) is 30.9. The van der Waals surface area contributed by atoms with E-state index in [4.69, 9.17) is 5.11 Å². The number of benzene rings is 1. The Kier molecular flexibility index (Phi) is 23.6. The molecule has 10 N–H and O–H groups in total. The molecular formula is C43H62F3N7O14. The minimum absolute atomic E-state index is 0.0325. The van der Waals surface area contributed by atoms with Crippen LogP contribution in [0.1, 0.15) is 104 Å². The fourth-order valence-corrected chi connectivity index (χ4v) is 6.29. The quantitative estimate of drug-likeness (QED) is 0.0520. The summed E-state index contributed by atoms with van der Waals surface area (Å²) in [7, 11) is 0. The minimum Gasteiger partial charge on any atom is -0.481 e. The Labute approximate surface area is 384 Å². The number of nitrogens with one attached hydrogen (secondary N) is 7. The Bertz CT molecular complexity index is 1970. The number of ketones is 1. The molecule has 21 nitrogen and oxygen atoms in total. The van der Waals surface area contributed by atoms with Gasteiger partial charge in [0.1, 0.15) is 36.3 Å². The number of amides is 7. The number of aliphatic carboxylic acids is 3. The molecule has 1 aromatic carbocycles. The predicted octanol–water partition coefficient (Wildman–Crippen LogP) is 0.791. The Hall–Kier alpha value is -6.62. The number of hydrogen-bond donors (Lipinski definition) is 10. The van der Waals surface area contributed by atoms with Gasteiger partial charge in [-0.2, -0.15) is 13.2 Å². The monoisotopic (exact) mass is 957 g/mol. The van der Waals surface area contributed by atoms with E-state index in [1.807, 2.05) is 5.32 Å². The average Bonchev–Trinajstić information content (AvgIpc) is 3.20. The number of hydrogen-bond acceptors (Lipinski definition) is 11. The summed E-state index contributed by atoms with van der Waals surface area (Å²) in [4.78, 5) is 141. The van der Waals surface area contributed by atoms with Crippen LogP contribution in [-0.4, -0.2) is 129 Å². The second-order valence-electron chi connectivity index (χ2n) is 17.3. The zero-order valence-corrected chi connectivity index (χ0v) is 38.4. The Morgan fingerprint density at radius 2 is 1.15 bits per heavy atom. The molecule has 0 aliphatic rings. The van der Waals surface area contributed by atoms with E-state index in [1.54, 1.807) is 52.0 Å². The van der Waals surface area contributed by atoms with Gasteiger partial charge in [-0.3, -0.25) is 52.7 Å². The predicted molar refractivity (Wildman–Crippen MR) is 230 cm³/mol. The van der Waals surface area contributed by atoms with Crippen LogP contribution in [0.15, 0.2) is 24.3 Å². The lowest BCUT2D eigenvalue weighted by Gasteiger charge is -2.34. The molecule has 0 aromatic heterocycles. The van der Waals surface area contributed by atoms with E-state index in [-0.39, 0.29) is 25.3 Å². The number of carbonyl (C=O) groups excluding carboxylic acids is 8. The summed E-state index contributed by atoms with van der Waals surface area (Å²) in [6.45, 7) is 11.1. The van der Waals surface area contributed by atoms with Gasteiger partial charge in [-0.05, 0) is 48.6 Å². The Morgan fingerprint density at radius 3 is 1.67 bits per heavy atom. The molecule has 0 fully saturated rings. The van der Waals surface area contributed by atoms with Crippen LogP contribution in [0.5, 0.6) is 0 Å². The molecule has 0 spiro atoms. The topological polar surface area (TPSA) is 333 Å². The van der Waals surface area contributed by atoms with E-state index in [2.05, 4.69) is 31.9 Å². The number of carboxylic acid groups (broad SMARTS) is 3. The third-order valence-electron chi connectivity index (χ3n) is 9.78. The summed E-state index contributed by atoms with van der Waals surface area (Å²) < 4.78 is 40.7. The fraction of sp³-hybridized carbons (Fsp3) is 0.605. The number of Topliss-reactive ketones (excluding diaryl/α,β-unsaturated/α-hetero) is 1. The molecule has 0 saturated heterocycles. The molecule has 6 atom stereocenters. The standard InChI is InChI=1S/C43H62F3N7O14/c1-8-17-47-40(66)34(61)29(21-43(44,45)46)52-37(63)26(18-22(2)3)51-41(67)35(42(5,6)7)53-39(65)27(19-24-12-10-9-11-23(24)4)50-36(62)25(13-15-31(55)56)49-38(64)28(20-33(59)60)48-30(54)14-16-32(57)58/h9-12,22,25-29,35H,8,13-21H2,1-7H3,(H,47,66)(H,48,54)(H,49,64)(H,50,62)(H,51,67)(H,52,63)(H,53,65)(H,55,56)(H,57,58)(H,59,60)/t25-,26-,27-,28-,29-,35+/m0/s1. The van der Waals surface area contributed by atoms with Gasteiger partial charge >= 0.3 is 24.1 Å². The van der Waals surface area contributed by atoms with E-state index in [0.717, 1.165) is 0 Å². The summed E-state index contributed by atoms with van der Waals surface area (Å²) in [5, 5.41) is 43.6. The Balaban J connectivity index is 3.63. The summed E-state index contributed by atoms with van der Waals surface area (Å²) in [6.07, 6.45) is -10.7. The van der Waals surface area contributed by atoms with Crippen LogP contribution in [0.3, 0.4) is 0 Å². The van der Waals surface area contributed by atoms with Crippen molar-refractivity contribution in [1.29, 1.82) is 0 Å². The maximum absolute atomic E-state index is 14.3. The summed E-state index contributed by atoms with van der Waals surface area (Å²) in [6, 6.07) is -4.17. The van der Waals surface area contributed by atoms with Gasteiger partial charge < -0.3 is 52.5 Å². The van der Waals surface area contributed by atoms with E-state index in [1.165, 1.54) is 20.8 Å². The van der Waals surface area contributed by atoms with Crippen LogP contribution in [0.2, 0.25) is 0 Å². The number of halogens is 3. The van der Waals surface area contributed by atoms with Gasteiger partial charge in [0.2, 0.25) is 41.2 Å². The van der Waals surface area contributed by atoms with E-state index < -0.39 is 151 Å². The maximum Gasteiger partial charge on any atom is 0.391 e. The normalized spacial score (nSPS) is 14.1. The molecule has 1 rings (SSSR count). The molecule has 0 aliphatic heterocycles. The van der Waals surface area contributed by atoms with Crippen LogP contribution in [-0.2, 0) is 59.2 Å². The van der Waals surface area contributed by atoms with E-state index in [9.17, 15) is 76.1 Å². The molecular weight excluding hydrogens is 896 g/mol. The second-order valence-corrected chi connectivity index (χ2v) is 17.3. The van der Waals surface area contributed by atoms with Gasteiger partial charge in [0.15, 0.2) is 0 Å². The number of carbonyl (C=O) groups is 11. The summed E-state index contributed by atoms with van der Waals surface area (Å²) in [5.74, 6) is -14.4. The van der Waals surface area contributed by atoms with Crippen LogP contribution < -0.4 is 37.2 Å². The van der Waals surface area contributed by atoms with Gasteiger partial charge in [0.25, 0.3) is 5.91 Å². The number of alkyl halides is 3. The van der Waals surface area contributed by atoms with Crippen molar-refractivity contribution in [2.45, 2.75) is 149 Å². The second kappa shape index (κ2) is 27.1. The maximum atomic E-state index is 14.3. The van der Waals surface area contributed by atoms with Crippen molar-refractivity contribution < 1.29 is 81.2 Å². The highest BCUT2D eigenvalue weighted by Crippen LogP contribution is 2.24. The Morgan fingerprint density at radius 1 is 0.627 bits per heavy atom. The fourth-order valence-electron chi connectivity index (χ4n) is 6.29. The minimum atomic E-state index is -5.01. The third-order valence-corrected chi connectivity index (χ3v) is 9.78. The van der Waals surface area contributed by atoms with Crippen LogP contribution in [0, 0.1) is 18.3 Å². The van der Waals surface area contributed by atoms with Gasteiger partial charge in [-0.25, -0.2) is 0 Å². The largest absolute Gasteiger partial charge is 0.481 e. The number of aryl methyl sites for hydroxylation is 1. The highest BCUT2D eigenvalue weighted by atomic mass is 19.4. The highest BCUT2D eigenvalue weighted by Gasteiger charge is 2.41. The van der Waals surface area contributed by atoms with Crippen LogP contribution in [0.25, 0.3) is 0 Å². The molecule has 67 heavy (non-hydrogen) atoms. The summed E-state index contributed by atoms with van der Waals surface area (Å²) >= 11 is 0. The van der Waals surface area contributed by atoms with E-state index in [0.29, 0.717) is 17.5 Å². The molecule has 0 saturated carbocycles. The summed E-state index contributed by atoms with van der Waals surface area (Å²) in [5.41, 5.74) is -0.0664. The molecule has 0 aliphatic carbocycles. The lowest BCUT2D eigenvalue weighted by molar-refractivity contribution is -0.154. The van der Waals surface area contributed by atoms with Crippen molar-refractivity contribution in [3.63, 3.8) is 0 Å². The lowest BCUT2D eigenvalue weighted by Crippen LogP contribution is -2.62. The zero-order valence-electron chi connectivity index (χ0n) is 38.4. The van der Waals surface area contributed by atoms with Gasteiger partial charge in [-0.15, -0.1) is 0 Å². The van der Waals surface area contributed by atoms with Crippen LogP contribution >= 0.6 is 0 Å². The first-order valence-corrected chi connectivity index (χ1v) is 21.3. The molecule has 0 heterocycles. The molecule has 0 radical (unpaired) electrons. The number of carboxylic acids is 3. The van der Waals surface area contributed by atoms with Gasteiger partial charge in [0.05, 0.1) is 19.3 Å². The average molecular weight is 958 g/mol. The van der Waals surface area contributed by atoms with Crippen molar-refractivity contribution in [2.75, 3.05) is 6.54 Å². The zero-order chi connectivity index (χ0) is 51.4. The van der Waals surface area contributed by atoms with E-state index >= 15 is 0 Å².